The summed E-state index contributed by atoms with van der Waals surface area (Å²) in [5.41, 5.74) is 6.71. The van der Waals surface area contributed by atoms with Crippen LogP contribution in [0.1, 0.15) is 72.3 Å². The van der Waals surface area contributed by atoms with Crippen LogP contribution in [0.2, 0.25) is 0 Å². The number of hydrogen-bond donors (Lipinski definition) is 1. The van der Waals surface area contributed by atoms with Gasteiger partial charge in [0.1, 0.15) is 17.1 Å². The van der Waals surface area contributed by atoms with E-state index in [4.69, 9.17) is 24.7 Å². The Morgan fingerprint density at radius 3 is 2.65 bits per heavy atom. The lowest BCUT2D eigenvalue weighted by molar-refractivity contribution is -0.135. The molecule has 2 aliphatic heterocycles. The fourth-order valence-electron chi connectivity index (χ4n) is 5.33. The predicted octanol–water partition coefficient (Wildman–Crippen LogP) is 3.67. The van der Waals surface area contributed by atoms with Crippen molar-refractivity contribution in [3.8, 4) is 23.0 Å². The second-order valence-electron chi connectivity index (χ2n) is 9.20. The predicted molar refractivity (Wildman–Crippen MR) is 122 cm³/mol. The number of hydrogen-bond acceptors (Lipinski definition) is 7. The number of benzene rings is 2. The van der Waals surface area contributed by atoms with Crippen LogP contribution < -0.4 is 24.7 Å². The zero-order valence-electron chi connectivity index (χ0n) is 19.1. The van der Waals surface area contributed by atoms with Crippen molar-refractivity contribution < 1.29 is 33.3 Å². The van der Waals surface area contributed by atoms with Crippen LogP contribution in [0.5, 0.6) is 23.0 Å². The summed E-state index contributed by atoms with van der Waals surface area (Å²) in [5, 5.41) is 0. The molecule has 0 unspecified atom stereocenters. The maximum atomic E-state index is 13.2. The summed E-state index contributed by atoms with van der Waals surface area (Å²) in [6.45, 7) is -0.307. The lowest BCUT2D eigenvalue weighted by Crippen LogP contribution is -2.44. The first-order valence-corrected chi connectivity index (χ1v) is 11.6. The van der Waals surface area contributed by atoms with Crippen molar-refractivity contribution in [2.75, 3.05) is 13.7 Å². The fraction of sp³-hybridized carbons (Fsp3) is 0.423. The summed E-state index contributed by atoms with van der Waals surface area (Å²) in [6, 6.07) is 8.65. The number of carbonyl (C=O) groups excluding carboxylic acids is 3. The Hall–Kier alpha value is -3.55. The van der Waals surface area contributed by atoms with E-state index in [1.807, 2.05) is 6.07 Å². The molecule has 0 saturated heterocycles. The highest BCUT2D eigenvalue weighted by atomic mass is 16.5. The summed E-state index contributed by atoms with van der Waals surface area (Å²) in [5.74, 6) is 0.345. The zero-order valence-corrected chi connectivity index (χ0v) is 19.1. The molecule has 3 aliphatic rings. The molecule has 2 N–H and O–H groups in total. The molecule has 1 fully saturated rings. The first-order valence-electron chi connectivity index (χ1n) is 11.6. The first-order chi connectivity index (χ1) is 16.4. The number of nitrogens with two attached hydrogens (primary N) is 1. The number of Topliss-reactive ketones (excluding diaryl/α,β-unsaturated/α-hetero) is 1. The van der Waals surface area contributed by atoms with Gasteiger partial charge in [0, 0.05) is 11.5 Å². The van der Waals surface area contributed by atoms with Gasteiger partial charge in [-0.3, -0.25) is 14.4 Å². The maximum absolute atomic E-state index is 13.2. The van der Waals surface area contributed by atoms with E-state index < -0.39 is 17.4 Å². The van der Waals surface area contributed by atoms with Crippen LogP contribution in [0.4, 0.5) is 0 Å². The van der Waals surface area contributed by atoms with E-state index in [0.29, 0.717) is 40.5 Å². The Bertz CT molecular complexity index is 1170. The number of methoxy groups -OCH3 is 1. The van der Waals surface area contributed by atoms with Crippen LogP contribution in [0.15, 0.2) is 30.3 Å². The van der Waals surface area contributed by atoms with Gasteiger partial charge in [0.15, 0.2) is 23.9 Å². The monoisotopic (exact) mass is 465 g/mol. The Morgan fingerprint density at radius 2 is 1.91 bits per heavy atom. The van der Waals surface area contributed by atoms with Gasteiger partial charge in [0.05, 0.1) is 25.5 Å². The lowest BCUT2D eigenvalue weighted by Gasteiger charge is -2.42. The highest BCUT2D eigenvalue weighted by Crippen LogP contribution is 2.51. The maximum Gasteiger partial charge on any atom is 0.312 e. The average Bonchev–Trinajstić information content (AvgIpc) is 2.82. The molecule has 5 rings (SSSR count). The number of primary amides is 1. The molecule has 2 aromatic carbocycles. The topological polar surface area (TPSA) is 114 Å². The molecule has 1 saturated carbocycles. The molecule has 0 radical (unpaired) electrons. The molecule has 8 nitrogen and oxygen atoms in total. The Balaban J connectivity index is 1.61. The zero-order chi connectivity index (χ0) is 23.9. The van der Waals surface area contributed by atoms with Gasteiger partial charge in [0.25, 0.3) is 5.91 Å². The van der Waals surface area contributed by atoms with Gasteiger partial charge < -0.3 is 24.7 Å². The van der Waals surface area contributed by atoms with Gasteiger partial charge in [-0.25, -0.2) is 0 Å². The second-order valence-corrected chi connectivity index (χ2v) is 9.20. The van der Waals surface area contributed by atoms with E-state index in [2.05, 4.69) is 0 Å². The first kappa shape index (κ1) is 22.3. The molecule has 0 aromatic heterocycles. The van der Waals surface area contributed by atoms with E-state index in [1.165, 1.54) is 7.11 Å². The van der Waals surface area contributed by atoms with Crippen LogP contribution in [-0.4, -0.2) is 37.0 Å². The van der Waals surface area contributed by atoms with Gasteiger partial charge in [-0.1, -0.05) is 12.5 Å². The van der Waals surface area contributed by atoms with Crippen molar-refractivity contribution in [3.63, 3.8) is 0 Å². The van der Waals surface area contributed by atoms with Crippen molar-refractivity contribution in [2.24, 2.45) is 5.73 Å². The molecule has 178 valence electrons. The van der Waals surface area contributed by atoms with Gasteiger partial charge >= 0.3 is 5.97 Å². The number of fused-ring (bicyclic) bond motifs is 3. The molecule has 1 amide bonds. The number of ether oxygens (including phenoxy) is 4. The molecule has 34 heavy (non-hydrogen) atoms. The van der Waals surface area contributed by atoms with Crippen molar-refractivity contribution >= 4 is 17.7 Å². The normalized spacial score (nSPS) is 20.6. The molecular formula is C26H27NO7. The molecular weight excluding hydrogens is 438 g/mol. The summed E-state index contributed by atoms with van der Waals surface area (Å²) in [4.78, 5) is 36.9. The molecule has 1 spiro atoms. The smallest absolute Gasteiger partial charge is 0.312 e. The average molecular weight is 466 g/mol. The van der Waals surface area contributed by atoms with Crippen molar-refractivity contribution in [1.29, 1.82) is 0 Å². The number of carbonyl (C=O) groups is 3. The van der Waals surface area contributed by atoms with E-state index in [1.54, 1.807) is 24.3 Å². The van der Waals surface area contributed by atoms with Gasteiger partial charge in [0.2, 0.25) is 0 Å². The third-order valence-corrected chi connectivity index (χ3v) is 6.93. The SMILES string of the molecule is COc1ccc([C@@H]2CC(=O)Oc3ccc4c(c32)OC2(CCCCC2)CC4=O)cc1OCC(N)=O. The summed E-state index contributed by atoms with van der Waals surface area (Å²) < 4.78 is 23.1. The van der Waals surface area contributed by atoms with Gasteiger partial charge in [-0.15, -0.1) is 0 Å². The quantitative estimate of drug-likeness (QED) is 0.529. The minimum Gasteiger partial charge on any atom is -0.493 e. The largest absolute Gasteiger partial charge is 0.493 e. The van der Waals surface area contributed by atoms with E-state index in [-0.39, 0.29) is 24.8 Å². The number of esters is 1. The van der Waals surface area contributed by atoms with Crippen molar-refractivity contribution in [2.45, 2.75) is 56.5 Å². The summed E-state index contributed by atoms with van der Waals surface area (Å²) in [6.07, 6.45) is 5.30. The Kier molecular flexibility index (Phi) is 5.67. The van der Waals surface area contributed by atoms with Crippen LogP contribution in [-0.2, 0) is 9.59 Å². The number of ketones is 1. The van der Waals surface area contributed by atoms with E-state index in [0.717, 1.165) is 37.7 Å². The lowest BCUT2D eigenvalue weighted by atomic mass is 9.76. The van der Waals surface area contributed by atoms with Crippen molar-refractivity contribution in [3.05, 3.63) is 47.0 Å². The minimum atomic E-state index is -0.613. The molecule has 0 bridgehead atoms. The number of amides is 1. The second kappa shape index (κ2) is 8.66. The van der Waals surface area contributed by atoms with Crippen LogP contribution in [0.3, 0.4) is 0 Å². The van der Waals surface area contributed by atoms with E-state index >= 15 is 0 Å². The third kappa shape index (κ3) is 3.97. The minimum absolute atomic E-state index is 0.0572. The Labute approximate surface area is 197 Å². The molecule has 2 heterocycles. The van der Waals surface area contributed by atoms with Crippen LogP contribution in [0, 0.1) is 0 Å². The highest BCUT2D eigenvalue weighted by Gasteiger charge is 2.44. The highest BCUT2D eigenvalue weighted by molar-refractivity contribution is 6.01. The number of rotatable bonds is 5. The van der Waals surface area contributed by atoms with Crippen LogP contribution in [0.25, 0.3) is 0 Å². The van der Waals surface area contributed by atoms with Gasteiger partial charge in [-0.2, -0.15) is 0 Å². The summed E-state index contributed by atoms with van der Waals surface area (Å²) in [7, 11) is 1.50. The summed E-state index contributed by atoms with van der Waals surface area (Å²) >= 11 is 0. The third-order valence-electron chi connectivity index (χ3n) is 6.93. The Morgan fingerprint density at radius 1 is 1.12 bits per heavy atom. The molecule has 2 aromatic rings. The molecule has 1 aliphatic carbocycles. The standard InChI is InChI=1S/C26H27NO7/c1-31-19-7-5-15(11-21(19)32-14-22(27)29)17-12-23(30)33-20-8-6-16-18(28)13-26(9-3-2-4-10-26)34-25(16)24(17)20/h5-8,11,17H,2-4,9-10,12-14H2,1H3,(H2,27,29)/t17-/m0/s1. The molecule has 8 heteroatoms. The fourth-order valence-corrected chi connectivity index (χ4v) is 5.33. The van der Waals surface area contributed by atoms with E-state index in [9.17, 15) is 14.4 Å². The van der Waals surface area contributed by atoms with Crippen molar-refractivity contribution in [1.82, 2.24) is 0 Å². The van der Waals surface area contributed by atoms with Gasteiger partial charge in [-0.05, 0) is 55.5 Å². The molecule has 1 atom stereocenters. The van der Waals surface area contributed by atoms with Crippen LogP contribution >= 0.6 is 0 Å².